The van der Waals surface area contributed by atoms with E-state index in [2.05, 4.69) is 30.9 Å². The molecule has 2 heterocycles. The number of nitrogens with one attached hydrogen (secondary N) is 2. The van der Waals surface area contributed by atoms with Crippen LogP contribution in [0.4, 0.5) is 11.6 Å². The highest BCUT2D eigenvalue weighted by Crippen LogP contribution is 2.13. The van der Waals surface area contributed by atoms with Crippen LogP contribution in [0.1, 0.15) is 5.69 Å². The van der Waals surface area contributed by atoms with Crippen LogP contribution in [0, 0.1) is 6.92 Å². The molecule has 2 N–H and O–H groups in total. The third kappa shape index (κ3) is 1.61. The Bertz CT molecular complexity index is 382. The molecule has 66 valence electrons. The molecule has 0 amide bonds. The summed E-state index contributed by atoms with van der Waals surface area (Å²) in [6.45, 7) is 1.91. The Morgan fingerprint density at radius 2 is 2.38 bits per heavy atom. The monoisotopic (exact) mass is 176 g/mol. The fourth-order valence-corrected chi connectivity index (χ4v) is 0.952. The summed E-state index contributed by atoms with van der Waals surface area (Å²) in [7, 11) is 0. The number of aromatic nitrogens is 5. The van der Waals surface area contributed by atoms with Gasteiger partial charge in [0.15, 0.2) is 0 Å². The molecule has 0 aliphatic heterocycles. The van der Waals surface area contributed by atoms with Gasteiger partial charge < -0.3 is 5.32 Å². The second-order valence-electron chi connectivity index (χ2n) is 2.50. The van der Waals surface area contributed by atoms with E-state index in [1.54, 1.807) is 6.20 Å². The molecule has 6 nitrogen and oxygen atoms in total. The van der Waals surface area contributed by atoms with E-state index >= 15 is 0 Å². The average Bonchev–Trinajstić information content (AvgIpc) is 2.61. The Balaban J connectivity index is 2.24. The minimum absolute atomic E-state index is 0.441. The van der Waals surface area contributed by atoms with E-state index in [0.717, 1.165) is 11.4 Å². The van der Waals surface area contributed by atoms with Crippen molar-refractivity contribution in [2.45, 2.75) is 6.92 Å². The van der Waals surface area contributed by atoms with Crippen LogP contribution in [0.2, 0.25) is 0 Å². The van der Waals surface area contributed by atoms with Gasteiger partial charge in [0, 0.05) is 6.20 Å². The van der Waals surface area contributed by atoms with Gasteiger partial charge in [-0.2, -0.15) is 5.21 Å². The zero-order valence-corrected chi connectivity index (χ0v) is 7.02. The second-order valence-corrected chi connectivity index (χ2v) is 2.50. The predicted molar refractivity (Wildman–Crippen MR) is 46.4 cm³/mol. The van der Waals surface area contributed by atoms with Crippen molar-refractivity contribution in [3.05, 3.63) is 24.0 Å². The number of hydrogen-bond donors (Lipinski definition) is 2. The average molecular weight is 176 g/mol. The van der Waals surface area contributed by atoms with E-state index < -0.39 is 0 Å². The molecule has 0 saturated carbocycles. The first-order chi connectivity index (χ1) is 6.36. The summed E-state index contributed by atoms with van der Waals surface area (Å²) < 4.78 is 0. The quantitative estimate of drug-likeness (QED) is 0.702. The second kappa shape index (κ2) is 3.18. The van der Waals surface area contributed by atoms with E-state index in [9.17, 15) is 0 Å². The normalized spacial score (nSPS) is 9.92. The van der Waals surface area contributed by atoms with Gasteiger partial charge in [-0.15, -0.1) is 5.10 Å². The Labute approximate surface area is 74.4 Å². The van der Waals surface area contributed by atoms with Crippen molar-refractivity contribution >= 4 is 11.6 Å². The maximum atomic E-state index is 4.11. The van der Waals surface area contributed by atoms with Crippen LogP contribution >= 0.6 is 0 Å². The Morgan fingerprint density at radius 1 is 1.46 bits per heavy atom. The Hall–Kier alpha value is -1.98. The molecule has 0 spiro atoms. The van der Waals surface area contributed by atoms with Crippen LogP contribution in [-0.4, -0.2) is 25.6 Å². The van der Waals surface area contributed by atoms with E-state index in [0.29, 0.717) is 5.95 Å². The zero-order chi connectivity index (χ0) is 9.10. The zero-order valence-electron chi connectivity index (χ0n) is 7.02. The van der Waals surface area contributed by atoms with Crippen LogP contribution in [0.15, 0.2) is 18.3 Å². The summed E-state index contributed by atoms with van der Waals surface area (Å²) in [5, 5.41) is 16.3. The van der Waals surface area contributed by atoms with Crippen LogP contribution in [0.5, 0.6) is 0 Å². The van der Waals surface area contributed by atoms with Crippen LogP contribution in [-0.2, 0) is 0 Å². The molecule has 0 radical (unpaired) electrons. The predicted octanol–water partition coefficient (Wildman–Crippen LogP) is 0.647. The summed E-state index contributed by atoms with van der Waals surface area (Å²) in [6.07, 6.45) is 1.73. The highest BCUT2D eigenvalue weighted by atomic mass is 15.5. The molecule has 0 saturated heterocycles. The summed E-state index contributed by atoms with van der Waals surface area (Å²) in [4.78, 5) is 4.11. The van der Waals surface area contributed by atoms with Gasteiger partial charge in [0.2, 0.25) is 0 Å². The van der Waals surface area contributed by atoms with E-state index in [1.807, 2.05) is 19.1 Å². The number of aromatic amines is 1. The largest absolute Gasteiger partial charge is 0.320 e. The van der Waals surface area contributed by atoms with Crippen molar-refractivity contribution in [3.63, 3.8) is 0 Å². The lowest BCUT2D eigenvalue weighted by Gasteiger charge is -2.02. The molecule has 0 aliphatic rings. The highest BCUT2D eigenvalue weighted by Gasteiger charge is 2.00. The fourth-order valence-electron chi connectivity index (χ4n) is 0.952. The van der Waals surface area contributed by atoms with E-state index in [4.69, 9.17) is 0 Å². The van der Waals surface area contributed by atoms with Crippen molar-refractivity contribution in [1.29, 1.82) is 0 Å². The van der Waals surface area contributed by atoms with Gasteiger partial charge in [-0.25, -0.2) is 0 Å². The van der Waals surface area contributed by atoms with Gasteiger partial charge in [-0.1, -0.05) is 5.10 Å². The maximum Gasteiger partial charge on any atom is 0.267 e. The van der Waals surface area contributed by atoms with Crippen molar-refractivity contribution < 1.29 is 0 Å². The molecule has 2 rings (SSSR count). The highest BCUT2D eigenvalue weighted by molar-refractivity contribution is 5.54. The maximum absolute atomic E-state index is 4.11. The van der Waals surface area contributed by atoms with Crippen molar-refractivity contribution in [2.24, 2.45) is 0 Å². The molecule has 0 fully saturated rings. The number of aryl methyl sites for hydroxylation is 1. The van der Waals surface area contributed by atoms with Crippen molar-refractivity contribution in [3.8, 4) is 0 Å². The lowest BCUT2D eigenvalue weighted by atomic mass is 10.3. The lowest BCUT2D eigenvalue weighted by Crippen LogP contribution is -1.96. The minimum atomic E-state index is 0.441. The molecule has 0 aromatic carbocycles. The number of rotatable bonds is 2. The number of anilines is 2. The van der Waals surface area contributed by atoms with Crippen LogP contribution in [0.25, 0.3) is 0 Å². The van der Waals surface area contributed by atoms with Crippen LogP contribution < -0.4 is 5.32 Å². The first kappa shape index (κ1) is 7.66. The standard InChI is InChI=1S/C7H8N6/c1-5-6(3-2-4-8-5)9-7-10-12-13-11-7/h2-4H,1H3,(H2,9,10,11,12,13). The molecule has 0 atom stereocenters. The minimum Gasteiger partial charge on any atom is -0.320 e. The topological polar surface area (TPSA) is 79.4 Å². The number of tetrazole rings is 1. The molecule has 2 aromatic rings. The van der Waals surface area contributed by atoms with Gasteiger partial charge in [0.05, 0.1) is 11.4 Å². The van der Waals surface area contributed by atoms with Gasteiger partial charge >= 0.3 is 0 Å². The Morgan fingerprint density at radius 3 is 3.08 bits per heavy atom. The first-order valence-electron chi connectivity index (χ1n) is 3.78. The van der Waals surface area contributed by atoms with Gasteiger partial charge in [-0.3, -0.25) is 4.98 Å². The van der Waals surface area contributed by atoms with Crippen LogP contribution in [0.3, 0.4) is 0 Å². The van der Waals surface area contributed by atoms with E-state index in [1.165, 1.54) is 0 Å². The molecular weight excluding hydrogens is 168 g/mol. The number of nitrogens with zero attached hydrogens (tertiary/aromatic N) is 4. The van der Waals surface area contributed by atoms with E-state index in [-0.39, 0.29) is 0 Å². The van der Waals surface area contributed by atoms with Gasteiger partial charge in [-0.05, 0) is 24.3 Å². The molecular formula is C7H8N6. The lowest BCUT2D eigenvalue weighted by molar-refractivity contribution is 0.881. The molecule has 0 bridgehead atoms. The molecule has 0 aliphatic carbocycles. The summed E-state index contributed by atoms with van der Waals surface area (Å²) in [5.74, 6) is 0.441. The number of H-pyrrole nitrogens is 1. The first-order valence-corrected chi connectivity index (χ1v) is 3.78. The fraction of sp³-hybridized carbons (Fsp3) is 0.143. The van der Waals surface area contributed by atoms with Gasteiger partial charge in [0.25, 0.3) is 5.95 Å². The molecule has 2 aromatic heterocycles. The molecule has 13 heavy (non-hydrogen) atoms. The summed E-state index contributed by atoms with van der Waals surface area (Å²) in [6, 6.07) is 3.74. The van der Waals surface area contributed by atoms with Crippen molar-refractivity contribution in [2.75, 3.05) is 5.32 Å². The van der Waals surface area contributed by atoms with Crippen molar-refractivity contribution in [1.82, 2.24) is 25.6 Å². The molecule has 6 heteroatoms. The van der Waals surface area contributed by atoms with Gasteiger partial charge in [0.1, 0.15) is 0 Å². The molecule has 0 unspecified atom stereocenters. The SMILES string of the molecule is Cc1ncccc1Nc1nn[nH]n1. The summed E-state index contributed by atoms with van der Waals surface area (Å²) >= 11 is 0. The smallest absolute Gasteiger partial charge is 0.267 e. The number of hydrogen-bond acceptors (Lipinski definition) is 5. The third-order valence-electron chi connectivity index (χ3n) is 1.60. The summed E-state index contributed by atoms with van der Waals surface area (Å²) in [5.41, 5.74) is 1.77. The number of pyridine rings is 1. The Kier molecular flexibility index (Phi) is 1.87. The third-order valence-corrected chi connectivity index (χ3v) is 1.60.